The summed E-state index contributed by atoms with van der Waals surface area (Å²) in [6.07, 6.45) is 0. The molecule has 0 aliphatic heterocycles. The molecule has 0 spiro atoms. The van der Waals surface area contributed by atoms with Crippen molar-refractivity contribution in [3.63, 3.8) is 0 Å². The van der Waals surface area contributed by atoms with E-state index in [1.54, 1.807) is 22.8 Å². The van der Waals surface area contributed by atoms with E-state index < -0.39 is 5.82 Å². The molecule has 0 amide bonds. The van der Waals surface area contributed by atoms with Gasteiger partial charge in [-0.2, -0.15) is 5.26 Å². The van der Waals surface area contributed by atoms with Crippen molar-refractivity contribution < 1.29 is 4.39 Å². The van der Waals surface area contributed by atoms with Crippen LogP contribution in [-0.2, 0) is 0 Å². The van der Waals surface area contributed by atoms with Crippen molar-refractivity contribution in [3.8, 4) is 11.8 Å². The van der Waals surface area contributed by atoms with Crippen molar-refractivity contribution >= 4 is 17.0 Å². The van der Waals surface area contributed by atoms with E-state index in [4.69, 9.17) is 5.73 Å². The molecule has 0 radical (unpaired) electrons. The second-order valence-corrected chi connectivity index (χ2v) is 4.49. The minimum Gasteiger partial charge on any atom is -0.369 e. The zero-order valence-electron chi connectivity index (χ0n) is 10.8. The van der Waals surface area contributed by atoms with Gasteiger partial charge in [0.05, 0.1) is 16.8 Å². The van der Waals surface area contributed by atoms with Gasteiger partial charge in [-0.15, -0.1) is 0 Å². The fourth-order valence-electron chi connectivity index (χ4n) is 2.32. The molecule has 98 valence electrons. The number of aromatic nitrogens is 2. The topological polar surface area (TPSA) is 67.6 Å². The fourth-order valence-corrected chi connectivity index (χ4v) is 2.32. The lowest BCUT2D eigenvalue weighted by Crippen LogP contribution is -2.03. The molecule has 2 N–H and O–H groups in total. The number of halogens is 1. The number of nitrogen functional groups attached to an aromatic ring is 1. The van der Waals surface area contributed by atoms with Gasteiger partial charge in [-0.1, -0.05) is 18.2 Å². The summed E-state index contributed by atoms with van der Waals surface area (Å²) in [5, 5.41) is 9.32. The number of fused-ring (bicyclic) bond motifs is 1. The lowest BCUT2D eigenvalue weighted by atomic mass is 10.1. The molecular formula is C15H11FN4. The Kier molecular flexibility index (Phi) is 2.65. The summed E-state index contributed by atoms with van der Waals surface area (Å²) in [7, 11) is 0. The standard InChI is InChI=1S/C15H11FN4/c1-9-4-2-6-12(10(9)8-17)20-13-7-3-5-11(16)14(13)19-15(20)18/h2-7H,1H3,(H2,18,19). The van der Waals surface area contributed by atoms with Gasteiger partial charge < -0.3 is 5.73 Å². The monoisotopic (exact) mass is 266 g/mol. The minimum atomic E-state index is -0.431. The van der Waals surface area contributed by atoms with E-state index in [1.807, 2.05) is 19.1 Å². The average Bonchev–Trinajstić information content (AvgIpc) is 2.76. The molecule has 0 aliphatic rings. The Hall–Kier alpha value is -2.87. The van der Waals surface area contributed by atoms with Gasteiger partial charge in [0, 0.05) is 0 Å². The molecule has 0 fully saturated rings. The van der Waals surface area contributed by atoms with Gasteiger partial charge >= 0.3 is 0 Å². The number of nitrogens with two attached hydrogens (primary N) is 1. The molecule has 1 aromatic heterocycles. The zero-order valence-corrected chi connectivity index (χ0v) is 10.8. The largest absolute Gasteiger partial charge is 0.369 e. The van der Waals surface area contributed by atoms with Crippen LogP contribution in [0.5, 0.6) is 0 Å². The number of benzene rings is 2. The third-order valence-electron chi connectivity index (χ3n) is 3.27. The Morgan fingerprint density at radius 1 is 1.25 bits per heavy atom. The first-order chi connectivity index (χ1) is 9.63. The Balaban J connectivity index is 2.43. The van der Waals surface area contributed by atoms with Crippen molar-refractivity contribution in [1.29, 1.82) is 5.26 Å². The van der Waals surface area contributed by atoms with E-state index in [9.17, 15) is 9.65 Å². The van der Waals surface area contributed by atoms with E-state index in [0.717, 1.165) is 5.56 Å². The Morgan fingerprint density at radius 2 is 2.00 bits per heavy atom. The molecule has 2 aromatic carbocycles. The highest BCUT2D eigenvalue weighted by molar-refractivity contribution is 5.82. The lowest BCUT2D eigenvalue weighted by molar-refractivity contribution is 0.637. The summed E-state index contributed by atoms with van der Waals surface area (Å²) in [6, 6.07) is 12.3. The molecule has 20 heavy (non-hydrogen) atoms. The Bertz CT molecular complexity index is 858. The van der Waals surface area contributed by atoms with E-state index in [-0.39, 0.29) is 11.5 Å². The molecule has 0 saturated carbocycles. The molecule has 0 saturated heterocycles. The summed E-state index contributed by atoms with van der Waals surface area (Å²) in [4.78, 5) is 4.05. The van der Waals surface area contributed by atoms with Crippen LogP contribution >= 0.6 is 0 Å². The van der Waals surface area contributed by atoms with E-state index in [2.05, 4.69) is 11.1 Å². The maximum atomic E-state index is 13.8. The maximum absolute atomic E-state index is 13.8. The van der Waals surface area contributed by atoms with Crippen LogP contribution in [0.1, 0.15) is 11.1 Å². The predicted molar refractivity (Wildman–Crippen MR) is 74.9 cm³/mol. The normalized spacial score (nSPS) is 10.7. The third-order valence-corrected chi connectivity index (χ3v) is 3.27. The predicted octanol–water partition coefficient (Wildman–Crippen LogP) is 2.93. The summed E-state index contributed by atoms with van der Waals surface area (Å²) < 4.78 is 15.4. The van der Waals surface area contributed by atoms with Gasteiger partial charge in [0.1, 0.15) is 11.6 Å². The van der Waals surface area contributed by atoms with E-state index >= 15 is 0 Å². The van der Waals surface area contributed by atoms with Crippen molar-refractivity contribution in [3.05, 3.63) is 53.3 Å². The number of anilines is 1. The lowest BCUT2D eigenvalue weighted by Gasteiger charge is -2.10. The van der Waals surface area contributed by atoms with Gasteiger partial charge in [-0.05, 0) is 30.7 Å². The average molecular weight is 266 g/mol. The first-order valence-corrected chi connectivity index (χ1v) is 6.06. The van der Waals surface area contributed by atoms with E-state index in [1.165, 1.54) is 6.07 Å². The molecule has 3 aromatic rings. The number of nitrogens with zero attached hydrogens (tertiary/aromatic N) is 3. The molecule has 3 rings (SSSR count). The number of rotatable bonds is 1. The quantitative estimate of drug-likeness (QED) is 0.736. The number of imidazole rings is 1. The summed E-state index contributed by atoms with van der Waals surface area (Å²) >= 11 is 0. The molecule has 0 bridgehead atoms. The Morgan fingerprint density at radius 3 is 2.75 bits per heavy atom. The highest BCUT2D eigenvalue weighted by atomic mass is 19.1. The third kappa shape index (κ3) is 1.62. The van der Waals surface area contributed by atoms with Crippen LogP contribution in [0.4, 0.5) is 10.3 Å². The van der Waals surface area contributed by atoms with E-state index in [0.29, 0.717) is 16.8 Å². The molecule has 1 heterocycles. The molecule has 0 aliphatic carbocycles. The number of hydrogen-bond donors (Lipinski definition) is 1. The van der Waals surface area contributed by atoms with Gasteiger partial charge in [0.15, 0.2) is 5.82 Å². The smallest absolute Gasteiger partial charge is 0.206 e. The van der Waals surface area contributed by atoms with Gasteiger partial charge in [-0.3, -0.25) is 4.57 Å². The Labute approximate surface area is 114 Å². The molecule has 5 heteroatoms. The first kappa shape index (κ1) is 12.2. The highest BCUT2D eigenvalue weighted by Crippen LogP contribution is 2.27. The summed E-state index contributed by atoms with van der Waals surface area (Å²) in [5.74, 6) is -0.272. The zero-order chi connectivity index (χ0) is 14.3. The van der Waals surface area contributed by atoms with Crippen LogP contribution in [0.3, 0.4) is 0 Å². The maximum Gasteiger partial charge on any atom is 0.206 e. The molecule has 4 nitrogen and oxygen atoms in total. The van der Waals surface area contributed by atoms with Crippen molar-refractivity contribution in [2.75, 3.05) is 5.73 Å². The van der Waals surface area contributed by atoms with Gasteiger partial charge in [-0.25, -0.2) is 9.37 Å². The fraction of sp³-hybridized carbons (Fsp3) is 0.0667. The number of aryl methyl sites for hydroxylation is 1. The van der Waals surface area contributed by atoms with Gasteiger partial charge in [0.2, 0.25) is 5.95 Å². The second-order valence-electron chi connectivity index (χ2n) is 4.49. The molecular weight excluding hydrogens is 255 g/mol. The number of nitriles is 1. The first-order valence-electron chi connectivity index (χ1n) is 6.06. The number of para-hydroxylation sites is 1. The highest BCUT2D eigenvalue weighted by Gasteiger charge is 2.16. The summed E-state index contributed by atoms with van der Waals surface area (Å²) in [6.45, 7) is 1.85. The van der Waals surface area contributed by atoms with Crippen LogP contribution in [-0.4, -0.2) is 9.55 Å². The van der Waals surface area contributed by atoms with Crippen molar-refractivity contribution in [1.82, 2.24) is 9.55 Å². The summed E-state index contributed by atoms with van der Waals surface area (Å²) in [5.41, 5.74) is 8.60. The molecule has 0 atom stereocenters. The van der Waals surface area contributed by atoms with Gasteiger partial charge in [0.25, 0.3) is 0 Å². The van der Waals surface area contributed by atoms with Crippen LogP contribution in [0.25, 0.3) is 16.7 Å². The van der Waals surface area contributed by atoms with Crippen molar-refractivity contribution in [2.24, 2.45) is 0 Å². The van der Waals surface area contributed by atoms with Crippen LogP contribution < -0.4 is 5.73 Å². The molecule has 0 unspecified atom stereocenters. The number of hydrogen-bond acceptors (Lipinski definition) is 3. The van der Waals surface area contributed by atoms with Crippen LogP contribution in [0.2, 0.25) is 0 Å². The second kappa shape index (κ2) is 4.35. The van der Waals surface area contributed by atoms with Crippen molar-refractivity contribution in [2.45, 2.75) is 6.92 Å². The van der Waals surface area contributed by atoms with Crippen LogP contribution in [0.15, 0.2) is 36.4 Å². The minimum absolute atomic E-state index is 0.159. The SMILES string of the molecule is Cc1cccc(-n2c(N)nc3c(F)cccc32)c1C#N. The van der Waals surface area contributed by atoms with Crippen LogP contribution in [0, 0.1) is 24.1 Å².